The molecular formula is C16H11ClF4N2O3. The highest BCUT2D eigenvalue weighted by Crippen LogP contribution is 2.26. The summed E-state index contributed by atoms with van der Waals surface area (Å²) in [7, 11) is 0. The lowest BCUT2D eigenvalue weighted by Gasteiger charge is -2.10. The van der Waals surface area contributed by atoms with Crippen LogP contribution in [-0.4, -0.2) is 25.3 Å². The Kier molecular flexibility index (Phi) is 6.79. The molecule has 5 nitrogen and oxygen atoms in total. The first-order valence-electron chi connectivity index (χ1n) is 6.98. The van der Waals surface area contributed by atoms with E-state index in [0.29, 0.717) is 5.02 Å². The number of benzene rings is 2. The fourth-order valence-electron chi connectivity index (χ4n) is 1.82. The molecule has 2 aromatic carbocycles. The maximum Gasteiger partial charge on any atom is 0.387 e. The van der Waals surface area contributed by atoms with Gasteiger partial charge in [-0.2, -0.15) is 22.7 Å². The van der Waals surface area contributed by atoms with E-state index in [1.54, 1.807) is 0 Å². The normalized spacial score (nSPS) is 11.2. The van der Waals surface area contributed by atoms with Crippen LogP contribution in [0.25, 0.3) is 0 Å². The van der Waals surface area contributed by atoms with Crippen LogP contribution in [0.2, 0.25) is 5.02 Å². The van der Waals surface area contributed by atoms with E-state index in [4.69, 9.17) is 11.6 Å². The summed E-state index contributed by atoms with van der Waals surface area (Å²) >= 11 is 5.71. The Bertz CT molecular complexity index is 786. The molecule has 1 N–H and O–H groups in total. The number of carbonyl (C=O) groups excluding carboxylic acids is 1. The van der Waals surface area contributed by atoms with Gasteiger partial charge in [-0.3, -0.25) is 4.79 Å². The van der Waals surface area contributed by atoms with Crippen LogP contribution in [0.15, 0.2) is 47.6 Å². The van der Waals surface area contributed by atoms with Gasteiger partial charge >= 0.3 is 13.2 Å². The predicted molar refractivity (Wildman–Crippen MR) is 86.2 cm³/mol. The molecule has 0 bridgehead atoms. The van der Waals surface area contributed by atoms with E-state index in [0.717, 1.165) is 18.3 Å². The highest BCUT2D eigenvalue weighted by Gasteiger charge is 2.12. The van der Waals surface area contributed by atoms with Gasteiger partial charge in [0.05, 0.1) is 6.21 Å². The molecule has 0 heterocycles. The average molecular weight is 391 g/mol. The second-order valence-corrected chi connectivity index (χ2v) is 5.10. The second kappa shape index (κ2) is 9.04. The molecule has 2 aromatic rings. The third kappa shape index (κ3) is 5.92. The molecule has 0 saturated carbocycles. The molecule has 0 aliphatic rings. The number of carbonyl (C=O) groups is 1. The van der Waals surface area contributed by atoms with Crippen LogP contribution in [0.4, 0.5) is 17.6 Å². The average Bonchev–Trinajstić information content (AvgIpc) is 2.56. The molecule has 10 heteroatoms. The summed E-state index contributed by atoms with van der Waals surface area (Å²) in [4.78, 5) is 11.9. The molecule has 0 saturated heterocycles. The monoisotopic (exact) mass is 390 g/mol. The number of alkyl halides is 4. The molecule has 0 spiro atoms. The lowest BCUT2D eigenvalue weighted by molar-refractivity contribution is -0.0543. The number of rotatable bonds is 7. The summed E-state index contributed by atoms with van der Waals surface area (Å²) in [6.45, 7) is -6.31. The summed E-state index contributed by atoms with van der Waals surface area (Å²) in [6, 6.07) is 9.11. The van der Waals surface area contributed by atoms with Gasteiger partial charge in [0, 0.05) is 22.2 Å². The zero-order chi connectivity index (χ0) is 19.1. The van der Waals surface area contributed by atoms with E-state index in [9.17, 15) is 22.4 Å². The van der Waals surface area contributed by atoms with E-state index >= 15 is 0 Å². The van der Waals surface area contributed by atoms with E-state index in [2.05, 4.69) is 20.0 Å². The zero-order valence-electron chi connectivity index (χ0n) is 12.8. The van der Waals surface area contributed by atoms with Crippen molar-refractivity contribution in [3.8, 4) is 11.5 Å². The Labute approximate surface area is 150 Å². The molecular weight excluding hydrogens is 380 g/mol. The highest BCUT2D eigenvalue weighted by atomic mass is 35.5. The van der Waals surface area contributed by atoms with Gasteiger partial charge in [-0.15, -0.1) is 0 Å². The van der Waals surface area contributed by atoms with Gasteiger partial charge in [-0.25, -0.2) is 5.43 Å². The third-order valence-electron chi connectivity index (χ3n) is 2.90. The summed E-state index contributed by atoms with van der Waals surface area (Å²) in [5.74, 6) is -1.37. The SMILES string of the molecule is O=C(N/N=C\c1ccc(OC(F)F)cc1OC(F)F)c1ccc(Cl)cc1. The zero-order valence-corrected chi connectivity index (χ0v) is 13.6. The Morgan fingerprint density at radius 1 is 1.04 bits per heavy atom. The number of ether oxygens (including phenoxy) is 2. The molecule has 0 aromatic heterocycles. The van der Waals surface area contributed by atoms with Crippen LogP contribution < -0.4 is 14.9 Å². The van der Waals surface area contributed by atoms with Crippen LogP contribution >= 0.6 is 11.6 Å². The standard InChI is InChI=1S/C16H11ClF4N2O3/c17-11-4-1-9(2-5-11)14(24)23-22-8-10-3-6-12(25-15(18)19)7-13(10)26-16(20)21/h1-8,15-16H,(H,23,24)/b22-8-. The summed E-state index contributed by atoms with van der Waals surface area (Å²) in [5, 5.41) is 4.08. The fraction of sp³-hybridized carbons (Fsp3) is 0.125. The molecule has 0 radical (unpaired) electrons. The van der Waals surface area contributed by atoms with Crippen molar-refractivity contribution >= 4 is 23.7 Å². The van der Waals surface area contributed by atoms with E-state index < -0.39 is 24.9 Å². The number of nitrogens with one attached hydrogen (secondary N) is 1. The van der Waals surface area contributed by atoms with Crippen molar-refractivity contribution in [3.05, 3.63) is 58.6 Å². The number of hydrogen-bond acceptors (Lipinski definition) is 4. The van der Waals surface area contributed by atoms with Crippen molar-refractivity contribution in [2.75, 3.05) is 0 Å². The van der Waals surface area contributed by atoms with Crippen molar-refractivity contribution in [1.29, 1.82) is 0 Å². The maximum absolute atomic E-state index is 12.5. The first-order chi connectivity index (χ1) is 12.3. The molecule has 2 rings (SSSR count). The molecule has 0 aliphatic heterocycles. The summed E-state index contributed by atoms with van der Waals surface area (Å²) in [5.41, 5.74) is 2.48. The highest BCUT2D eigenvalue weighted by molar-refractivity contribution is 6.30. The molecule has 138 valence electrons. The lowest BCUT2D eigenvalue weighted by atomic mass is 10.2. The predicted octanol–water partition coefficient (Wildman–Crippen LogP) is 4.31. The van der Waals surface area contributed by atoms with Gasteiger partial charge in [0.15, 0.2) is 0 Å². The minimum absolute atomic E-state index is 0.0170. The lowest BCUT2D eigenvalue weighted by Crippen LogP contribution is -2.17. The van der Waals surface area contributed by atoms with E-state index in [1.165, 1.54) is 30.3 Å². The number of halogens is 5. The Morgan fingerprint density at radius 3 is 2.31 bits per heavy atom. The Hall–Kier alpha value is -2.81. The van der Waals surface area contributed by atoms with Crippen LogP contribution in [0.1, 0.15) is 15.9 Å². The van der Waals surface area contributed by atoms with Crippen LogP contribution in [0.3, 0.4) is 0 Å². The van der Waals surface area contributed by atoms with Gasteiger partial charge in [-0.05, 0) is 36.4 Å². The first kappa shape index (κ1) is 19.5. The smallest absolute Gasteiger partial charge is 0.387 e. The van der Waals surface area contributed by atoms with E-state index in [1.807, 2.05) is 0 Å². The topological polar surface area (TPSA) is 59.9 Å². The number of hydrogen-bond donors (Lipinski definition) is 1. The number of amides is 1. The first-order valence-corrected chi connectivity index (χ1v) is 7.35. The molecule has 0 fully saturated rings. The van der Waals surface area contributed by atoms with Gasteiger partial charge < -0.3 is 9.47 Å². The van der Waals surface area contributed by atoms with Crippen molar-refractivity contribution in [2.24, 2.45) is 5.10 Å². The molecule has 0 atom stereocenters. The van der Waals surface area contributed by atoms with Crippen molar-refractivity contribution in [1.82, 2.24) is 5.43 Å². The van der Waals surface area contributed by atoms with Gasteiger partial charge in [0.25, 0.3) is 5.91 Å². The molecule has 0 aliphatic carbocycles. The largest absolute Gasteiger partial charge is 0.435 e. The molecule has 0 unspecified atom stereocenters. The maximum atomic E-state index is 12.5. The van der Waals surface area contributed by atoms with Gasteiger partial charge in [0.1, 0.15) is 11.5 Å². The van der Waals surface area contributed by atoms with Gasteiger partial charge in [0.2, 0.25) is 0 Å². The minimum Gasteiger partial charge on any atom is -0.435 e. The van der Waals surface area contributed by atoms with Crippen molar-refractivity contribution in [2.45, 2.75) is 13.2 Å². The Morgan fingerprint density at radius 2 is 1.69 bits per heavy atom. The number of nitrogens with zero attached hydrogens (tertiary/aromatic N) is 1. The van der Waals surface area contributed by atoms with Crippen LogP contribution in [-0.2, 0) is 0 Å². The summed E-state index contributed by atoms with van der Waals surface area (Å²) < 4.78 is 57.7. The Balaban J connectivity index is 2.12. The van der Waals surface area contributed by atoms with Crippen molar-refractivity contribution in [3.63, 3.8) is 0 Å². The van der Waals surface area contributed by atoms with Gasteiger partial charge in [-0.1, -0.05) is 11.6 Å². The van der Waals surface area contributed by atoms with Crippen molar-refractivity contribution < 1.29 is 31.8 Å². The fourth-order valence-corrected chi connectivity index (χ4v) is 1.95. The quantitative estimate of drug-likeness (QED) is 0.435. The third-order valence-corrected chi connectivity index (χ3v) is 3.15. The van der Waals surface area contributed by atoms with Crippen LogP contribution in [0.5, 0.6) is 11.5 Å². The molecule has 26 heavy (non-hydrogen) atoms. The van der Waals surface area contributed by atoms with Crippen LogP contribution in [0, 0.1) is 0 Å². The second-order valence-electron chi connectivity index (χ2n) is 4.66. The minimum atomic E-state index is -3.19. The summed E-state index contributed by atoms with van der Waals surface area (Å²) in [6.07, 6.45) is 1.03. The molecule has 1 amide bonds. The van der Waals surface area contributed by atoms with E-state index in [-0.39, 0.29) is 16.9 Å². The number of hydrazone groups is 1.